The minimum Gasteiger partial charge on any atom is -0.337 e. The smallest absolute Gasteiger partial charge is 0.223 e. The number of amides is 1. The molecule has 0 N–H and O–H groups in total. The minimum absolute atomic E-state index is 0.295. The highest BCUT2D eigenvalue weighted by Gasteiger charge is 2.31. The highest BCUT2D eigenvalue weighted by Crippen LogP contribution is 2.30. The molecule has 0 spiro atoms. The molecule has 1 amide bonds. The van der Waals surface area contributed by atoms with E-state index >= 15 is 0 Å². The van der Waals surface area contributed by atoms with Crippen LogP contribution in [-0.4, -0.2) is 22.9 Å². The van der Waals surface area contributed by atoms with E-state index in [-0.39, 0.29) is 0 Å². The molecule has 2 fully saturated rings. The van der Waals surface area contributed by atoms with E-state index < -0.39 is 0 Å². The van der Waals surface area contributed by atoms with Gasteiger partial charge in [0, 0.05) is 18.5 Å². The van der Waals surface area contributed by atoms with Crippen LogP contribution in [0.3, 0.4) is 0 Å². The molecule has 1 radical (unpaired) electrons. The third-order valence-corrected chi connectivity index (χ3v) is 4.44. The number of hydrogen-bond acceptors (Lipinski definition) is 1. The molecule has 97 valence electrons. The molecule has 2 aliphatic carbocycles. The summed E-state index contributed by atoms with van der Waals surface area (Å²) in [6.45, 7) is 3.80. The van der Waals surface area contributed by atoms with Crippen molar-refractivity contribution in [3.8, 4) is 0 Å². The van der Waals surface area contributed by atoms with Crippen molar-refractivity contribution in [2.75, 3.05) is 0 Å². The molecule has 0 aliphatic heterocycles. The van der Waals surface area contributed by atoms with Crippen LogP contribution in [0.1, 0.15) is 70.6 Å². The van der Waals surface area contributed by atoms with Crippen LogP contribution in [0.5, 0.6) is 0 Å². The molecule has 0 heterocycles. The largest absolute Gasteiger partial charge is 0.337 e. The first-order chi connectivity index (χ1) is 8.33. The fourth-order valence-corrected chi connectivity index (χ4v) is 3.55. The molecule has 17 heavy (non-hydrogen) atoms. The second-order valence-corrected chi connectivity index (χ2v) is 5.63. The second kappa shape index (κ2) is 6.42. The average Bonchev–Trinajstić information content (AvgIpc) is 2.41. The molecule has 2 rings (SSSR count). The number of hydrogen-bond donors (Lipinski definition) is 0. The summed E-state index contributed by atoms with van der Waals surface area (Å²) in [5, 5.41) is 0. The normalized spacial score (nSPS) is 23.6. The maximum absolute atomic E-state index is 12.2. The van der Waals surface area contributed by atoms with Gasteiger partial charge < -0.3 is 4.90 Å². The topological polar surface area (TPSA) is 20.3 Å². The van der Waals surface area contributed by atoms with Gasteiger partial charge in [0.05, 0.1) is 0 Å². The van der Waals surface area contributed by atoms with Crippen molar-refractivity contribution in [2.45, 2.75) is 82.7 Å². The second-order valence-electron chi connectivity index (χ2n) is 5.63. The lowest BCUT2D eigenvalue weighted by Gasteiger charge is -2.41. The van der Waals surface area contributed by atoms with Gasteiger partial charge in [-0.1, -0.05) is 38.5 Å². The van der Waals surface area contributed by atoms with E-state index in [9.17, 15) is 4.79 Å². The van der Waals surface area contributed by atoms with Gasteiger partial charge in [-0.3, -0.25) is 4.79 Å². The third kappa shape index (κ3) is 3.23. The van der Waals surface area contributed by atoms with E-state index in [1.54, 1.807) is 0 Å². The molecular weight excluding hydrogens is 210 g/mol. The van der Waals surface area contributed by atoms with E-state index in [4.69, 9.17) is 0 Å². The van der Waals surface area contributed by atoms with Crippen LogP contribution in [-0.2, 0) is 4.79 Å². The van der Waals surface area contributed by atoms with Crippen molar-refractivity contribution in [2.24, 2.45) is 0 Å². The van der Waals surface area contributed by atoms with E-state index in [0.717, 1.165) is 0 Å². The lowest BCUT2D eigenvalue weighted by atomic mass is 9.88. The molecule has 2 nitrogen and oxygen atoms in total. The SMILES string of the molecule is [CH2]CC(=O)N(C1CCCCC1)C1CCCCC1. The predicted octanol–water partition coefficient (Wildman–Crippen LogP) is 3.70. The minimum atomic E-state index is 0.295. The van der Waals surface area contributed by atoms with Crippen LogP contribution >= 0.6 is 0 Å². The van der Waals surface area contributed by atoms with Crippen LogP contribution in [0.25, 0.3) is 0 Å². The fraction of sp³-hybridized carbons (Fsp3) is 0.867. The number of rotatable bonds is 3. The summed E-state index contributed by atoms with van der Waals surface area (Å²) in [7, 11) is 0. The first-order valence-corrected chi connectivity index (χ1v) is 7.43. The number of carbonyl (C=O) groups excluding carboxylic acids is 1. The van der Waals surface area contributed by atoms with E-state index in [0.29, 0.717) is 24.4 Å². The number of carbonyl (C=O) groups is 1. The highest BCUT2D eigenvalue weighted by molar-refractivity contribution is 5.77. The summed E-state index contributed by atoms with van der Waals surface area (Å²) in [5.41, 5.74) is 0. The van der Waals surface area contributed by atoms with Crippen molar-refractivity contribution in [3.05, 3.63) is 6.92 Å². The third-order valence-electron chi connectivity index (χ3n) is 4.44. The zero-order valence-corrected chi connectivity index (χ0v) is 11.0. The van der Waals surface area contributed by atoms with E-state index in [1.807, 2.05) is 0 Å². The van der Waals surface area contributed by atoms with Gasteiger partial charge in [0.25, 0.3) is 0 Å². The average molecular weight is 236 g/mol. The molecule has 2 aliphatic rings. The number of nitrogens with zero attached hydrogens (tertiary/aromatic N) is 1. The fourth-order valence-electron chi connectivity index (χ4n) is 3.55. The summed E-state index contributed by atoms with van der Waals surface area (Å²) in [5.74, 6) is 0.295. The summed E-state index contributed by atoms with van der Waals surface area (Å²) < 4.78 is 0. The summed E-state index contributed by atoms with van der Waals surface area (Å²) in [6, 6.07) is 1.06. The Labute approximate surface area is 106 Å². The van der Waals surface area contributed by atoms with Gasteiger partial charge in [0.15, 0.2) is 0 Å². The van der Waals surface area contributed by atoms with Crippen LogP contribution in [0.2, 0.25) is 0 Å². The quantitative estimate of drug-likeness (QED) is 0.731. The van der Waals surface area contributed by atoms with Gasteiger partial charge in [-0.15, -0.1) is 0 Å². The van der Waals surface area contributed by atoms with Gasteiger partial charge in [0.2, 0.25) is 5.91 Å². The first-order valence-electron chi connectivity index (χ1n) is 7.43. The molecule has 0 aromatic carbocycles. The Kier molecular flexibility index (Phi) is 4.87. The van der Waals surface area contributed by atoms with Crippen molar-refractivity contribution in [3.63, 3.8) is 0 Å². The molecule has 0 aromatic rings. The van der Waals surface area contributed by atoms with Crippen LogP contribution < -0.4 is 0 Å². The summed E-state index contributed by atoms with van der Waals surface area (Å²) in [6.07, 6.45) is 13.3. The maximum Gasteiger partial charge on any atom is 0.223 e. The van der Waals surface area contributed by atoms with Crippen LogP contribution in [0, 0.1) is 6.92 Å². The highest BCUT2D eigenvalue weighted by atomic mass is 16.2. The Morgan fingerprint density at radius 2 is 1.29 bits per heavy atom. The van der Waals surface area contributed by atoms with Crippen molar-refractivity contribution >= 4 is 5.91 Å². The molecule has 2 heteroatoms. The Morgan fingerprint density at radius 1 is 0.882 bits per heavy atom. The molecule has 0 atom stereocenters. The van der Waals surface area contributed by atoms with Gasteiger partial charge in [0.1, 0.15) is 0 Å². The molecule has 2 saturated carbocycles. The Bertz CT molecular complexity index is 221. The van der Waals surface area contributed by atoms with Crippen LogP contribution in [0.4, 0.5) is 0 Å². The monoisotopic (exact) mass is 236 g/mol. The van der Waals surface area contributed by atoms with Gasteiger partial charge >= 0.3 is 0 Å². The molecule has 0 aromatic heterocycles. The van der Waals surface area contributed by atoms with Crippen molar-refractivity contribution < 1.29 is 4.79 Å². The van der Waals surface area contributed by atoms with E-state index in [1.165, 1.54) is 64.2 Å². The molecule has 0 bridgehead atoms. The van der Waals surface area contributed by atoms with Crippen LogP contribution in [0.15, 0.2) is 0 Å². The lowest BCUT2D eigenvalue weighted by Crippen LogP contribution is -2.48. The molecule has 0 unspecified atom stereocenters. The summed E-state index contributed by atoms with van der Waals surface area (Å²) >= 11 is 0. The van der Waals surface area contributed by atoms with Crippen molar-refractivity contribution in [1.82, 2.24) is 4.90 Å². The zero-order valence-electron chi connectivity index (χ0n) is 11.0. The Hall–Kier alpha value is -0.530. The standard InChI is InChI=1S/C15H26NO/c1-2-15(17)16(13-9-5-3-6-10-13)14-11-7-4-8-12-14/h13-14H,1-12H2. The summed E-state index contributed by atoms with van der Waals surface area (Å²) in [4.78, 5) is 14.4. The molecular formula is C15H26NO. The Balaban J connectivity index is 2.02. The first kappa shape index (κ1) is 12.9. The predicted molar refractivity (Wildman–Crippen MR) is 70.6 cm³/mol. The molecule has 0 saturated heterocycles. The maximum atomic E-state index is 12.2. The van der Waals surface area contributed by atoms with Gasteiger partial charge in [-0.2, -0.15) is 0 Å². The van der Waals surface area contributed by atoms with Gasteiger partial charge in [-0.25, -0.2) is 0 Å². The Morgan fingerprint density at radius 3 is 1.65 bits per heavy atom. The van der Waals surface area contributed by atoms with Crippen molar-refractivity contribution in [1.29, 1.82) is 0 Å². The lowest BCUT2D eigenvalue weighted by molar-refractivity contribution is -0.137. The van der Waals surface area contributed by atoms with E-state index in [2.05, 4.69) is 11.8 Å². The zero-order chi connectivity index (χ0) is 12.1. The van der Waals surface area contributed by atoms with Gasteiger partial charge in [-0.05, 0) is 32.6 Å².